The van der Waals surface area contributed by atoms with Gasteiger partial charge in [0.2, 0.25) is 0 Å². The first-order valence-electron chi connectivity index (χ1n) is 7.56. The molecule has 1 aromatic heterocycles. The normalized spacial score (nSPS) is 20.3. The number of carbonyl (C=O) groups is 1. The minimum absolute atomic E-state index is 0.00673. The number of halogens is 1. The van der Waals surface area contributed by atoms with Crippen molar-refractivity contribution in [2.24, 2.45) is 0 Å². The standard InChI is InChI=1S/C18H19ClN2O2/c1-18(2)12-23-16(14-4-3-5-15(19)10-14)11-21(18)17(22)13-6-8-20-9-7-13/h3-10,16H,11-12H2,1-2H3. The molecule has 1 amide bonds. The molecule has 1 saturated heterocycles. The number of ether oxygens (including phenoxy) is 1. The molecule has 3 rings (SSSR count). The van der Waals surface area contributed by atoms with Gasteiger partial charge in [0, 0.05) is 23.0 Å². The molecule has 2 aromatic rings. The van der Waals surface area contributed by atoms with Crippen LogP contribution in [0.4, 0.5) is 0 Å². The largest absolute Gasteiger partial charge is 0.369 e. The van der Waals surface area contributed by atoms with E-state index in [1.54, 1.807) is 24.5 Å². The third kappa shape index (κ3) is 3.38. The molecule has 1 unspecified atom stereocenters. The number of morpholine rings is 1. The van der Waals surface area contributed by atoms with Crippen LogP contribution in [0.3, 0.4) is 0 Å². The van der Waals surface area contributed by atoms with Crippen molar-refractivity contribution in [1.29, 1.82) is 0 Å². The summed E-state index contributed by atoms with van der Waals surface area (Å²) in [6, 6.07) is 11.1. The van der Waals surface area contributed by atoms with Gasteiger partial charge in [-0.25, -0.2) is 0 Å². The molecular weight excluding hydrogens is 312 g/mol. The molecule has 4 nitrogen and oxygen atoms in total. The third-order valence-corrected chi connectivity index (χ3v) is 4.34. The van der Waals surface area contributed by atoms with Gasteiger partial charge in [0.1, 0.15) is 6.10 Å². The highest BCUT2D eigenvalue weighted by molar-refractivity contribution is 6.30. The number of hydrogen-bond donors (Lipinski definition) is 0. The number of amides is 1. The Morgan fingerprint density at radius 2 is 2.04 bits per heavy atom. The van der Waals surface area contributed by atoms with Crippen molar-refractivity contribution in [1.82, 2.24) is 9.88 Å². The lowest BCUT2D eigenvalue weighted by Gasteiger charge is -2.45. The van der Waals surface area contributed by atoms with Gasteiger partial charge in [-0.2, -0.15) is 0 Å². The number of pyridine rings is 1. The summed E-state index contributed by atoms with van der Waals surface area (Å²) in [5, 5.41) is 0.669. The van der Waals surface area contributed by atoms with Crippen molar-refractivity contribution < 1.29 is 9.53 Å². The third-order valence-electron chi connectivity index (χ3n) is 4.11. The van der Waals surface area contributed by atoms with E-state index in [0.29, 0.717) is 23.7 Å². The van der Waals surface area contributed by atoms with Gasteiger partial charge in [-0.3, -0.25) is 9.78 Å². The van der Waals surface area contributed by atoms with E-state index < -0.39 is 0 Å². The number of rotatable bonds is 2. The molecule has 120 valence electrons. The van der Waals surface area contributed by atoms with Crippen LogP contribution in [0.1, 0.15) is 35.9 Å². The van der Waals surface area contributed by atoms with Crippen molar-refractivity contribution in [2.75, 3.05) is 13.2 Å². The van der Waals surface area contributed by atoms with Gasteiger partial charge in [0.05, 0.1) is 18.7 Å². The molecule has 1 aliphatic rings. The van der Waals surface area contributed by atoms with Crippen molar-refractivity contribution in [3.8, 4) is 0 Å². The number of hydrogen-bond acceptors (Lipinski definition) is 3. The van der Waals surface area contributed by atoms with Crippen LogP contribution in [0.25, 0.3) is 0 Å². The Kier molecular flexibility index (Phi) is 4.37. The zero-order chi connectivity index (χ0) is 16.4. The fourth-order valence-electron chi connectivity index (χ4n) is 2.76. The average molecular weight is 331 g/mol. The van der Waals surface area contributed by atoms with Crippen molar-refractivity contribution in [2.45, 2.75) is 25.5 Å². The number of benzene rings is 1. The van der Waals surface area contributed by atoms with Crippen LogP contribution in [0, 0.1) is 0 Å². The Balaban J connectivity index is 1.87. The van der Waals surface area contributed by atoms with Gasteiger partial charge in [0.15, 0.2) is 0 Å². The maximum absolute atomic E-state index is 12.9. The monoisotopic (exact) mass is 330 g/mol. The molecule has 0 spiro atoms. The van der Waals surface area contributed by atoms with E-state index in [0.717, 1.165) is 5.56 Å². The zero-order valence-corrected chi connectivity index (χ0v) is 14.0. The van der Waals surface area contributed by atoms with Crippen LogP contribution in [0.5, 0.6) is 0 Å². The van der Waals surface area contributed by atoms with E-state index >= 15 is 0 Å². The molecule has 5 heteroatoms. The van der Waals surface area contributed by atoms with Crippen molar-refractivity contribution in [3.63, 3.8) is 0 Å². The Morgan fingerprint density at radius 3 is 2.74 bits per heavy atom. The molecule has 2 heterocycles. The fourth-order valence-corrected chi connectivity index (χ4v) is 2.96. The summed E-state index contributed by atoms with van der Waals surface area (Å²) in [4.78, 5) is 18.7. The van der Waals surface area contributed by atoms with E-state index in [9.17, 15) is 4.79 Å². The lowest BCUT2D eigenvalue weighted by Crippen LogP contribution is -2.56. The lowest BCUT2D eigenvalue weighted by molar-refractivity contribution is -0.0846. The first-order valence-corrected chi connectivity index (χ1v) is 7.94. The predicted molar refractivity (Wildman–Crippen MR) is 89.5 cm³/mol. The molecule has 0 radical (unpaired) electrons. The minimum atomic E-state index is -0.366. The Labute approximate surface area is 141 Å². The van der Waals surface area contributed by atoms with Gasteiger partial charge < -0.3 is 9.64 Å². The van der Waals surface area contributed by atoms with Crippen molar-refractivity contribution >= 4 is 17.5 Å². The molecule has 1 aliphatic heterocycles. The summed E-state index contributed by atoms with van der Waals surface area (Å²) in [7, 11) is 0. The van der Waals surface area contributed by atoms with E-state index in [1.807, 2.05) is 43.0 Å². The summed E-state index contributed by atoms with van der Waals surface area (Å²) < 4.78 is 5.99. The summed E-state index contributed by atoms with van der Waals surface area (Å²) in [5.41, 5.74) is 1.26. The Bertz CT molecular complexity index is 703. The van der Waals surface area contributed by atoms with E-state index in [4.69, 9.17) is 16.3 Å². The Hall–Kier alpha value is -1.91. The van der Waals surface area contributed by atoms with E-state index in [1.165, 1.54) is 0 Å². The average Bonchev–Trinajstić information content (AvgIpc) is 2.55. The number of nitrogens with zero attached hydrogens (tertiary/aromatic N) is 2. The molecule has 1 fully saturated rings. The highest BCUT2D eigenvalue weighted by atomic mass is 35.5. The van der Waals surface area contributed by atoms with Crippen LogP contribution in [0.15, 0.2) is 48.8 Å². The second kappa shape index (κ2) is 6.30. The highest BCUT2D eigenvalue weighted by Crippen LogP contribution is 2.32. The minimum Gasteiger partial charge on any atom is -0.369 e. The van der Waals surface area contributed by atoms with Gasteiger partial charge in [-0.05, 0) is 43.7 Å². The molecule has 1 aromatic carbocycles. The predicted octanol–water partition coefficient (Wildman–Crippen LogP) is 3.73. The smallest absolute Gasteiger partial charge is 0.254 e. The van der Waals surface area contributed by atoms with Crippen molar-refractivity contribution in [3.05, 3.63) is 64.9 Å². The maximum atomic E-state index is 12.9. The molecular formula is C18H19ClN2O2. The van der Waals surface area contributed by atoms with Crippen LogP contribution in [0.2, 0.25) is 5.02 Å². The SMILES string of the molecule is CC1(C)COC(c2cccc(Cl)c2)CN1C(=O)c1ccncc1. The Morgan fingerprint density at radius 1 is 1.30 bits per heavy atom. The van der Waals surface area contributed by atoms with Crippen LogP contribution in [-0.2, 0) is 4.74 Å². The summed E-state index contributed by atoms with van der Waals surface area (Å²) in [6.07, 6.45) is 3.09. The number of aromatic nitrogens is 1. The first kappa shape index (κ1) is 16.0. The van der Waals surface area contributed by atoms with Crippen LogP contribution >= 0.6 is 11.6 Å². The van der Waals surface area contributed by atoms with Gasteiger partial charge >= 0.3 is 0 Å². The first-order chi connectivity index (χ1) is 11.0. The molecule has 0 bridgehead atoms. The number of carbonyl (C=O) groups excluding carboxylic acids is 1. The summed E-state index contributed by atoms with van der Waals surface area (Å²) in [5.74, 6) is -0.00673. The highest BCUT2D eigenvalue weighted by Gasteiger charge is 2.38. The summed E-state index contributed by atoms with van der Waals surface area (Å²) in [6.45, 7) is 5.00. The molecule has 1 atom stereocenters. The van der Waals surface area contributed by atoms with Crippen LogP contribution in [-0.4, -0.2) is 34.5 Å². The summed E-state index contributed by atoms with van der Waals surface area (Å²) >= 11 is 6.07. The van der Waals surface area contributed by atoms with E-state index in [2.05, 4.69) is 4.98 Å². The zero-order valence-electron chi connectivity index (χ0n) is 13.2. The second-order valence-corrected chi connectivity index (χ2v) is 6.76. The van der Waals surface area contributed by atoms with Gasteiger partial charge in [-0.1, -0.05) is 23.7 Å². The maximum Gasteiger partial charge on any atom is 0.254 e. The van der Waals surface area contributed by atoms with E-state index in [-0.39, 0.29) is 17.6 Å². The molecule has 23 heavy (non-hydrogen) atoms. The van der Waals surface area contributed by atoms with Crippen LogP contribution < -0.4 is 0 Å². The second-order valence-electron chi connectivity index (χ2n) is 6.32. The molecule has 0 N–H and O–H groups in total. The lowest BCUT2D eigenvalue weighted by atomic mass is 9.97. The molecule has 0 aliphatic carbocycles. The van der Waals surface area contributed by atoms with Gasteiger partial charge in [0.25, 0.3) is 5.91 Å². The topological polar surface area (TPSA) is 42.4 Å². The fraction of sp³-hybridized carbons (Fsp3) is 0.333. The van der Waals surface area contributed by atoms with Gasteiger partial charge in [-0.15, -0.1) is 0 Å². The molecule has 0 saturated carbocycles. The quantitative estimate of drug-likeness (QED) is 0.842.